The zero-order chi connectivity index (χ0) is 21.7. The van der Waals surface area contributed by atoms with Crippen molar-refractivity contribution < 1.29 is 14.3 Å². The summed E-state index contributed by atoms with van der Waals surface area (Å²) in [6.45, 7) is 7.73. The number of nitrogens with zero attached hydrogens (tertiary/aromatic N) is 1. The highest BCUT2D eigenvalue weighted by Gasteiger charge is 2.15. The van der Waals surface area contributed by atoms with Crippen LogP contribution in [-0.4, -0.2) is 22.6 Å². The average Bonchev–Trinajstić information content (AvgIpc) is 3.12. The molecule has 1 aromatic heterocycles. The largest absolute Gasteiger partial charge is 0.444 e. The van der Waals surface area contributed by atoms with Crippen LogP contribution < -0.4 is 10.6 Å². The number of benzene rings is 2. The zero-order valence-electron chi connectivity index (χ0n) is 17.5. The maximum atomic E-state index is 12.6. The van der Waals surface area contributed by atoms with E-state index in [0.717, 1.165) is 21.8 Å². The van der Waals surface area contributed by atoms with Crippen LogP contribution in [0.3, 0.4) is 0 Å². The predicted octanol–water partition coefficient (Wildman–Crippen LogP) is 5.40. The van der Waals surface area contributed by atoms with Crippen molar-refractivity contribution in [2.75, 3.05) is 5.32 Å². The second-order valence-corrected chi connectivity index (χ2v) is 8.90. The molecule has 30 heavy (non-hydrogen) atoms. The molecule has 6 nitrogen and oxygen atoms in total. The van der Waals surface area contributed by atoms with E-state index in [2.05, 4.69) is 15.6 Å². The van der Waals surface area contributed by atoms with Crippen LogP contribution in [-0.2, 0) is 11.3 Å². The van der Waals surface area contributed by atoms with Gasteiger partial charge in [-0.3, -0.25) is 4.79 Å². The molecule has 7 heteroatoms. The summed E-state index contributed by atoms with van der Waals surface area (Å²) >= 11 is 1.59. The van der Waals surface area contributed by atoms with Gasteiger partial charge in [0.15, 0.2) is 0 Å². The fourth-order valence-corrected chi connectivity index (χ4v) is 3.34. The highest BCUT2D eigenvalue weighted by molar-refractivity contribution is 7.09. The second kappa shape index (κ2) is 9.09. The lowest BCUT2D eigenvalue weighted by atomic mass is 10.1. The van der Waals surface area contributed by atoms with Crippen molar-refractivity contribution in [3.63, 3.8) is 0 Å². The molecule has 0 saturated carbocycles. The van der Waals surface area contributed by atoms with Crippen molar-refractivity contribution in [2.24, 2.45) is 0 Å². The van der Waals surface area contributed by atoms with Crippen LogP contribution in [0.25, 0.3) is 11.3 Å². The minimum Gasteiger partial charge on any atom is -0.444 e. The summed E-state index contributed by atoms with van der Waals surface area (Å²) in [6.07, 6.45) is -0.473. The number of hydrogen-bond donors (Lipinski definition) is 2. The molecular formula is C23H25N3O3S. The van der Waals surface area contributed by atoms with E-state index in [-0.39, 0.29) is 5.91 Å². The van der Waals surface area contributed by atoms with Crippen molar-refractivity contribution in [3.8, 4) is 11.3 Å². The molecule has 2 aromatic carbocycles. The highest BCUT2D eigenvalue weighted by atomic mass is 32.1. The van der Waals surface area contributed by atoms with Crippen molar-refractivity contribution in [3.05, 3.63) is 70.0 Å². The summed E-state index contributed by atoms with van der Waals surface area (Å²) in [5, 5.41) is 8.62. The molecule has 0 unspecified atom stereocenters. The Labute approximate surface area is 180 Å². The van der Waals surface area contributed by atoms with E-state index >= 15 is 0 Å². The summed E-state index contributed by atoms with van der Waals surface area (Å²) in [5.74, 6) is -0.201. The Bertz CT molecular complexity index is 1040. The number of aromatic nitrogens is 1. The first-order chi connectivity index (χ1) is 14.2. The molecule has 0 aliphatic heterocycles. The number of rotatable bonds is 5. The van der Waals surface area contributed by atoms with Crippen molar-refractivity contribution in [2.45, 2.75) is 39.8 Å². The van der Waals surface area contributed by atoms with Gasteiger partial charge >= 0.3 is 6.09 Å². The van der Waals surface area contributed by atoms with E-state index < -0.39 is 11.7 Å². The highest BCUT2D eigenvalue weighted by Crippen LogP contribution is 2.24. The molecular weight excluding hydrogens is 398 g/mol. The molecule has 0 atom stereocenters. The number of carbonyl (C=O) groups excluding carboxylic acids is 2. The molecule has 3 aromatic rings. The number of thiazole rings is 1. The minimum absolute atomic E-state index is 0.201. The molecule has 0 aliphatic carbocycles. The normalized spacial score (nSPS) is 11.1. The van der Waals surface area contributed by atoms with E-state index in [0.29, 0.717) is 17.8 Å². The van der Waals surface area contributed by atoms with Crippen LogP contribution in [0.5, 0.6) is 0 Å². The molecule has 156 valence electrons. The number of amides is 2. The van der Waals surface area contributed by atoms with Gasteiger partial charge < -0.3 is 15.4 Å². The quantitative estimate of drug-likeness (QED) is 0.576. The lowest BCUT2D eigenvalue weighted by Crippen LogP contribution is -2.32. The van der Waals surface area contributed by atoms with Gasteiger partial charge in [-0.15, -0.1) is 11.3 Å². The number of hydrogen-bond acceptors (Lipinski definition) is 5. The number of alkyl carbamates (subject to hydrolysis) is 1. The Hall–Kier alpha value is -3.19. The first-order valence-corrected chi connectivity index (χ1v) is 10.5. The second-order valence-electron chi connectivity index (χ2n) is 7.84. The van der Waals surface area contributed by atoms with Crippen LogP contribution in [0.1, 0.15) is 41.7 Å². The van der Waals surface area contributed by atoms with Crippen LogP contribution in [0, 0.1) is 6.92 Å². The number of ether oxygens (including phenoxy) is 1. The van der Waals surface area contributed by atoms with Gasteiger partial charge in [0.1, 0.15) is 5.60 Å². The van der Waals surface area contributed by atoms with Gasteiger partial charge in [0.2, 0.25) is 0 Å². The third-order valence-electron chi connectivity index (χ3n) is 4.09. The number of anilines is 1. The first kappa shape index (κ1) is 21.5. The van der Waals surface area contributed by atoms with Crippen LogP contribution in [0.15, 0.2) is 53.9 Å². The van der Waals surface area contributed by atoms with Crippen LogP contribution in [0.2, 0.25) is 0 Å². The lowest BCUT2D eigenvalue weighted by Gasteiger charge is -2.19. The Morgan fingerprint density at radius 2 is 1.83 bits per heavy atom. The number of nitrogens with one attached hydrogen (secondary N) is 2. The summed E-state index contributed by atoms with van der Waals surface area (Å²) in [7, 11) is 0. The maximum Gasteiger partial charge on any atom is 0.407 e. The van der Waals surface area contributed by atoms with Crippen molar-refractivity contribution in [1.29, 1.82) is 0 Å². The molecule has 0 aliphatic rings. The van der Waals surface area contributed by atoms with Crippen LogP contribution >= 0.6 is 11.3 Å². The number of carbonyl (C=O) groups is 2. The van der Waals surface area contributed by atoms with E-state index in [1.54, 1.807) is 35.6 Å². The lowest BCUT2D eigenvalue weighted by molar-refractivity contribution is 0.0523. The van der Waals surface area contributed by atoms with Gasteiger partial charge in [0.25, 0.3) is 5.91 Å². The molecule has 0 spiro atoms. The smallest absolute Gasteiger partial charge is 0.407 e. The van der Waals surface area contributed by atoms with Gasteiger partial charge in [0.05, 0.1) is 10.7 Å². The third kappa shape index (κ3) is 6.15. The Kier molecular flexibility index (Phi) is 6.52. The molecule has 0 saturated heterocycles. The third-order valence-corrected chi connectivity index (χ3v) is 4.86. The Morgan fingerprint density at radius 3 is 2.47 bits per heavy atom. The summed E-state index contributed by atoms with van der Waals surface area (Å²) < 4.78 is 5.21. The molecule has 2 amide bonds. The van der Waals surface area contributed by atoms with Gasteiger partial charge in [-0.2, -0.15) is 0 Å². The van der Waals surface area contributed by atoms with Gasteiger partial charge in [-0.1, -0.05) is 24.3 Å². The fraction of sp³-hybridized carbons (Fsp3) is 0.261. The predicted molar refractivity (Wildman–Crippen MR) is 120 cm³/mol. The summed E-state index contributed by atoms with van der Waals surface area (Å²) in [4.78, 5) is 28.8. The maximum absolute atomic E-state index is 12.6. The minimum atomic E-state index is -0.540. The van der Waals surface area contributed by atoms with Crippen molar-refractivity contribution >= 4 is 29.0 Å². The molecule has 0 fully saturated rings. The molecule has 0 bridgehead atoms. The van der Waals surface area contributed by atoms with E-state index in [1.165, 1.54) is 0 Å². The first-order valence-electron chi connectivity index (χ1n) is 9.59. The topological polar surface area (TPSA) is 80.3 Å². The molecule has 1 heterocycles. The van der Waals surface area contributed by atoms with Crippen molar-refractivity contribution in [1.82, 2.24) is 10.3 Å². The molecule has 2 N–H and O–H groups in total. The number of aryl methyl sites for hydroxylation is 1. The van der Waals surface area contributed by atoms with Gasteiger partial charge in [-0.05, 0) is 57.5 Å². The van der Waals surface area contributed by atoms with E-state index in [9.17, 15) is 9.59 Å². The van der Waals surface area contributed by atoms with Crippen LogP contribution in [0.4, 0.5) is 10.5 Å². The monoisotopic (exact) mass is 423 g/mol. The van der Waals surface area contributed by atoms with E-state index in [4.69, 9.17) is 4.74 Å². The summed E-state index contributed by atoms with van der Waals surface area (Å²) in [5.41, 5.74) is 3.43. The fourth-order valence-electron chi connectivity index (χ4n) is 2.72. The Morgan fingerprint density at radius 1 is 1.10 bits per heavy atom. The SMILES string of the molecule is Cc1nc(-c2cccc(NC(=O)c3ccc(CNC(=O)OC(C)(C)C)cc3)c2)cs1. The standard InChI is InChI=1S/C23H25N3O3S/c1-15-25-20(14-30-15)18-6-5-7-19(12-18)26-21(27)17-10-8-16(9-11-17)13-24-22(28)29-23(2,3)4/h5-12,14H,13H2,1-4H3,(H,24,28)(H,26,27). The molecule has 0 radical (unpaired) electrons. The summed E-state index contributed by atoms with van der Waals surface area (Å²) in [6, 6.07) is 14.7. The van der Waals surface area contributed by atoms with Gasteiger partial charge in [0, 0.05) is 28.7 Å². The zero-order valence-corrected chi connectivity index (χ0v) is 18.3. The Balaban J connectivity index is 1.59. The molecule has 3 rings (SSSR count). The average molecular weight is 424 g/mol. The van der Waals surface area contributed by atoms with Gasteiger partial charge in [-0.25, -0.2) is 9.78 Å². The van der Waals surface area contributed by atoms with E-state index in [1.807, 2.05) is 57.3 Å².